The molecule has 1 aliphatic heterocycles. The summed E-state index contributed by atoms with van der Waals surface area (Å²) < 4.78 is 33.8. The fourth-order valence-electron chi connectivity index (χ4n) is 7.20. The Labute approximate surface area is 263 Å². The molecule has 2 aromatic rings. The number of nitrogens with zero attached hydrogens (tertiary/aromatic N) is 1. The summed E-state index contributed by atoms with van der Waals surface area (Å²) in [5, 5.41) is 0.0456. The Kier molecular flexibility index (Phi) is 9.68. The highest BCUT2D eigenvalue weighted by Gasteiger charge is 2.44. The minimum Gasteiger partial charge on any atom is -0.490 e. The van der Waals surface area contributed by atoms with Crippen LogP contribution in [0.2, 0.25) is 5.02 Å². The van der Waals surface area contributed by atoms with Crippen LogP contribution >= 0.6 is 11.6 Å². The van der Waals surface area contributed by atoms with E-state index in [-0.39, 0.29) is 5.41 Å². The van der Waals surface area contributed by atoms with Gasteiger partial charge < -0.3 is 9.64 Å². The Morgan fingerprint density at radius 3 is 2.72 bits per heavy atom. The summed E-state index contributed by atoms with van der Waals surface area (Å²) in [5.41, 5.74) is 3.53. The first-order chi connectivity index (χ1) is 20.6. The van der Waals surface area contributed by atoms with Gasteiger partial charge in [-0.25, -0.2) is 13.1 Å². The summed E-state index contributed by atoms with van der Waals surface area (Å²) in [6.45, 7) is 9.43. The van der Waals surface area contributed by atoms with E-state index in [0.29, 0.717) is 29.9 Å². The number of ether oxygens (including phenoxy) is 1. The van der Waals surface area contributed by atoms with Gasteiger partial charge in [0.15, 0.2) is 0 Å². The van der Waals surface area contributed by atoms with Gasteiger partial charge in [-0.3, -0.25) is 4.79 Å². The van der Waals surface area contributed by atoms with Gasteiger partial charge in [0, 0.05) is 35.0 Å². The zero-order chi connectivity index (χ0) is 30.8. The number of halogens is 1. The van der Waals surface area contributed by atoms with Crippen LogP contribution in [0.25, 0.3) is 0 Å². The molecule has 4 atom stereocenters. The molecule has 3 aliphatic rings. The molecule has 6 nitrogen and oxygen atoms in total. The standard InChI is InChI=1S/C35H45ClN2O4S/c1-5-7-10-25(9-6-2)30-15-12-28(30)21-38-22-35(18-8-11-26-19-29(36)14-16-31(26)35)23-42-33-17-13-27(20-32(33)38)34(39)37-43(40,41)24(3)4/h13-14,16-17,19-20,24-25,28,30H,5,7-8,10-12,15,18,21-23H2,1-4H3,(H,37,39)/t25-,28-,30-,35-/m0/s1. The number of hydrogen-bond donors (Lipinski definition) is 1. The number of carbonyl (C=O) groups excluding carboxylic acids is 1. The highest BCUT2D eigenvalue weighted by molar-refractivity contribution is 7.90. The number of sulfonamides is 1. The number of fused-ring (bicyclic) bond motifs is 3. The maximum absolute atomic E-state index is 13.2. The molecular formula is C35H45ClN2O4S. The molecule has 43 heavy (non-hydrogen) atoms. The molecule has 0 radical (unpaired) electrons. The van der Waals surface area contributed by atoms with Gasteiger partial charge in [-0.05, 0) is 113 Å². The third kappa shape index (κ3) is 6.71. The lowest BCUT2D eigenvalue weighted by molar-refractivity contribution is 0.0981. The molecule has 1 fully saturated rings. The van der Waals surface area contributed by atoms with E-state index in [1.165, 1.54) is 30.4 Å². The lowest BCUT2D eigenvalue weighted by atomic mass is 9.65. The zero-order valence-electron chi connectivity index (χ0n) is 25.9. The minimum atomic E-state index is -3.76. The SMILES string of the molecule is CC#C[C@@H](CCCC)[C@@H]1CC[C@H]1CN1C[C@@]2(CCCc3cc(Cl)ccc32)COc2ccc(C(=O)NS(=O)(=O)C(C)C)cc21. The number of anilines is 1. The Morgan fingerprint density at radius 1 is 1.21 bits per heavy atom. The first kappa shape index (κ1) is 31.7. The first-order valence-corrected chi connectivity index (χ1v) is 17.8. The second kappa shape index (κ2) is 13.1. The van der Waals surface area contributed by atoms with E-state index in [1.807, 2.05) is 25.1 Å². The summed E-state index contributed by atoms with van der Waals surface area (Å²) in [6.07, 6.45) is 8.87. The number of aryl methyl sites for hydroxylation is 1. The number of hydrogen-bond acceptors (Lipinski definition) is 5. The molecule has 2 aliphatic carbocycles. The van der Waals surface area contributed by atoms with Gasteiger partial charge >= 0.3 is 0 Å². The lowest BCUT2D eigenvalue weighted by Gasteiger charge is -2.46. The fourth-order valence-corrected chi connectivity index (χ4v) is 8.00. The second-order valence-electron chi connectivity index (χ2n) is 13.0. The Bertz CT molecular complexity index is 1510. The molecule has 1 amide bonds. The van der Waals surface area contributed by atoms with Crippen LogP contribution < -0.4 is 14.4 Å². The van der Waals surface area contributed by atoms with E-state index in [0.717, 1.165) is 61.7 Å². The van der Waals surface area contributed by atoms with Gasteiger partial charge in [0.1, 0.15) is 5.75 Å². The normalized spacial score (nSPS) is 23.6. The van der Waals surface area contributed by atoms with Gasteiger partial charge in [0.2, 0.25) is 10.0 Å². The predicted octanol–water partition coefficient (Wildman–Crippen LogP) is 7.14. The maximum Gasteiger partial charge on any atom is 0.264 e. The van der Waals surface area contributed by atoms with Crippen LogP contribution in [0.15, 0.2) is 36.4 Å². The molecule has 1 spiro atoms. The first-order valence-electron chi connectivity index (χ1n) is 15.9. The quantitative estimate of drug-likeness (QED) is 0.300. The number of amides is 1. The van der Waals surface area contributed by atoms with Crippen molar-refractivity contribution >= 4 is 33.2 Å². The van der Waals surface area contributed by atoms with Gasteiger partial charge in [0.25, 0.3) is 5.91 Å². The highest BCUT2D eigenvalue weighted by atomic mass is 35.5. The van der Waals surface area contributed by atoms with Crippen LogP contribution in [-0.2, 0) is 21.9 Å². The topological polar surface area (TPSA) is 75.7 Å². The van der Waals surface area contributed by atoms with Crippen molar-refractivity contribution in [3.8, 4) is 17.6 Å². The molecule has 1 saturated carbocycles. The average molecular weight is 625 g/mol. The van der Waals surface area contributed by atoms with E-state index in [1.54, 1.807) is 19.9 Å². The lowest BCUT2D eigenvalue weighted by Crippen LogP contribution is -2.49. The van der Waals surface area contributed by atoms with Crippen LogP contribution in [0.3, 0.4) is 0 Å². The molecule has 0 bridgehead atoms. The van der Waals surface area contributed by atoms with Crippen molar-refractivity contribution in [2.45, 2.75) is 89.7 Å². The van der Waals surface area contributed by atoms with Crippen LogP contribution in [0, 0.1) is 29.6 Å². The van der Waals surface area contributed by atoms with E-state index < -0.39 is 21.2 Å². The van der Waals surface area contributed by atoms with Crippen LogP contribution in [0.1, 0.15) is 94.1 Å². The van der Waals surface area contributed by atoms with Crippen molar-refractivity contribution in [1.29, 1.82) is 0 Å². The highest BCUT2D eigenvalue weighted by Crippen LogP contribution is 2.47. The van der Waals surface area contributed by atoms with E-state index >= 15 is 0 Å². The number of benzene rings is 2. The smallest absolute Gasteiger partial charge is 0.264 e. The van der Waals surface area contributed by atoms with Crippen molar-refractivity contribution in [3.05, 3.63) is 58.1 Å². The van der Waals surface area contributed by atoms with Crippen molar-refractivity contribution in [3.63, 3.8) is 0 Å². The minimum absolute atomic E-state index is 0.218. The fraction of sp³-hybridized carbons (Fsp3) is 0.571. The number of carbonyl (C=O) groups is 1. The van der Waals surface area contributed by atoms with Gasteiger partial charge in [0.05, 0.1) is 17.5 Å². The van der Waals surface area contributed by atoms with Crippen molar-refractivity contribution in [2.75, 3.05) is 24.6 Å². The van der Waals surface area contributed by atoms with Crippen LogP contribution in [-0.4, -0.2) is 39.3 Å². The average Bonchev–Trinajstić information content (AvgIpc) is 3.10. The molecule has 2 aromatic carbocycles. The third-order valence-corrected chi connectivity index (χ3v) is 11.7. The Hall–Kier alpha value is -2.69. The molecule has 1 N–H and O–H groups in total. The third-order valence-electron chi connectivity index (χ3n) is 9.80. The van der Waals surface area contributed by atoms with Crippen LogP contribution in [0.4, 0.5) is 5.69 Å². The molecule has 5 rings (SSSR count). The predicted molar refractivity (Wildman–Crippen MR) is 174 cm³/mol. The number of unbranched alkanes of at least 4 members (excludes halogenated alkanes) is 1. The Morgan fingerprint density at radius 2 is 2.02 bits per heavy atom. The van der Waals surface area contributed by atoms with Crippen molar-refractivity contribution < 1.29 is 17.9 Å². The summed E-state index contributed by atoms with van der Waals surface area (Å²) >= 11 is 6.42. The Balaban J connectivity index is 1.51. The van der Waals surface area contributed by atoms with Gasteiger partial charge in [-0.2, -0.15) is 0 Å². The largest absolute Gasteiger partial charge is 0.490 e. The second-order valence-corrected chi connectivity index (χ2v) is 15.6. The molecule has 232 valence electrons. The summed E-state index contributed by atoms with van der Waals surface area (Å²) in [6, 6.07) is 11.6. The molecular weight excluding hydrogens is 580 g/mol. The molecule has 8 heteroatoms. The molecule has 0 saturated heterocycles. The molecule has 0 unspecified atom stereocenters. The van der Waals surface area contributed by atoms with Gasteiger partial charge in [-0.1, -0.05) is 43.4 Å². The van der Waals surface area contributed by atoms with E-state index in [9.17, 15) is 13.2 Å². The monoisotopic (exact) mass is 624 g/mol. The van der Waals surface area contributed by atoms with Crippen LogP contribution in [0.5, 0.6) is 5.75 Å². The summed E-state index contributed by atoms with van der Waals surface area (Å²) in [7, 11) is -3.76. The maximum atomic E-state index is 13.2. The van der Waals surface area contributed by atoms with Gasteiger partial charge in [-0.15, -0.1) is 5.92 Å². The number of rotatable bonds is 9. The van der Waals surface area contributed by atoms with Crippen molar-refractivity contribution in [2.24, 2.45) is 17.8 Å². The van der Waals surface area contributed by atoms with E-state index in [2.05, 4.69) is 40.5 Å². The summed E-state index contributed by atoms with van der Waals surface area (Å²) in [5.74, 6) is 8.27. The molecule has 1 heterocycles. The van der Waals surface area contributed by atoms with E-state index in [4.69, 9.17) is 16.3 Å². The summed E-state index contributed by atoms with van der Waals surface area (Å²) in [4.78, 5) is 15.6. The number of nitrogens with one attached hydrogen (secondary N) is 1. The van der Waals surface area contributed by atoms with Crippen molar-refractivity contribution in [1.82, 2.24) is 4.72 Å². The molecule has 0 aromatic heterocycles. The zero-order valence-corrected chi connectivity index (χ0v) is 27.5.